The van der Waals surface area contributed by atoms with Gasteiger partial charge in [-0.3, -0.25) is 4.79 Å². The van der Waals surface area contributed by atoms with Crippen LogP contribution in [0.3, 0.4) is 0 Å². The van der Waals surface area contributed by atoms with Crippen molar-refractivity contribution in [2.24, 2.45) is 5.41 Å². The lowest BCUT2D eigenvalue weighted by atomic mass is 9.87. The zero-order valence-corrected chi connectivity index (χ0v) is 10.00. The highest BCUT2D eigenvalue weighted by Gasteiger charge is 2.46. The van der Waals surface area contributed by atoms with Crippen molar-refractivity contribution in [2.45, 2.75) is 13.5 Å². The molecule has 1 saturated heterocycles. The molecule has 5 heteroatoms. The third-order valence-corrected chi connectivity index (χ3v) is 3.02. The van der Waals surface area contributed by atoms with Gasteiger partial charge in [0.25, 0.3) is 0 Å². The SMILES string of the molecule is Cc1cc(CNC(=O)C2(C#N)COC2)ccc1F. The Morgan fingerprint density at radius 2 is 2.33 bits per heavy atom. The van der Waals surface area contributed by atoms with E-state index in [2.05, 4.69) is 5.32 Å². The van der Waals surface area contributed by atoms with E-state index in [1.165, 1.54) is 6.07 Å². The van der Waals surface area contributed by atoms with E-state index in [-0.39, 0.29) is 31.5 Å². The Morgan fingerprint density at radius 3 is 2.83 bits per heavy atom. The summed E-state index contributed by atoms with van der Waals surface area (Å²) in [4.78, 5) is 11.8. The number of hydrogen-bond acceptors (Lipinski definition) is 3. The standard InChI is InChI=1S/C13H13FN2O2/c1-9-4-10(2-3-11(9)14)5-16-12(17)13(6-15)7-18-8-13/h2-4H,5,7-8H2,1H3,(H,16,17). The fourth-order valence-electron chi connectivity index (χ4n) is 1.72. The summed E-state index contributed by atoms with van der Waals surface area (Å²) in [6.07, 6.45) is 0. The van der Waals surface area contributed by atoms with E-state index < -0.39 is 5.41 Å². The monoisotopic (exact) mass is 248 g/mol. The molecule has 2 rings (SSSR count). The smallest absolute Gasteiger partial charge is 0.245 e. The van der Waals surface area contributed by atoms with E-state index in [0.717, 1.165) is 5.56 Å². The van der Waals surface area contributed by atoms with E-state index in [9.17, 15) is 9.18 Å². The number of carbonyl (C=O) groups excluding carboxylic acids is 1. The average Bonchev–Trinajstić information content (AvgIpc) is 2.30. The van der Waals surface area contributed by atoms with Crippen molar-refractivity contribution in [3.63, 3.8) is 0 Å². The van der Waals surface area contributed by atoms with E-state index in [1.807, 2.05) is 6.07 Å². The van der Waals surface area contributed by atoms with Crippen molar-refractivity contribution in [2.75, 3.05) is 13.2 Å². The Balaban J connectivity index is 1.97. The van der Waals surface area contributed by atoms with Crippen LogP contribution in [0.15, 0.2) is 18.2 Å². The molecule has 0 aromatic heterocycles. The van der Waals surface area contributed by atoms with Crippen molar-refractivity contribution in [1.82, 2.24) is 5.32 Å². The van der Waals surface area contributed by atoms with Gasteiger partial charge >= 0.3 is 0 Å². The van der Waals surface area contributed by atoms with E-state index >= 15 is 0 Å². The predicted molar refractivity (Wildman–Crippen MR) is 61.8 cm³/mol. The first-order chi connectivity index (χ1) is 8.57. The molecule has 94 valence electrons. The molecule has 1 aromatic rings. The Morgan fingerprint density at radius 1 is 1.61 bits per heavy atom. The zero-order chi connectivity index (χ0) is 13.2. The van der Waals surface area contributed by atoms with Gasteiger partial charge in [0.2, 0.25) is 5.91 Å². The number of carbonyl (C=O) groups is 1. The number of amides is 1. The second-order valence-corrected chi connectivity index (χ2v) is 4.45. The molecule has 0 bridgehead atoms. The summed E-state index contributed by atoms with van der Waals surface area (Å²) in [5.41, 5.74) is 0.286. The normalized spacial score (nSPS) is 16.5. The molecule has 4 nitrogen and oxygen atoms in total. The van der Waals surface area contributed by atoms with Gasteiger partial charge in [0.1, 0.15) is 5.82 Å². The van der Waals surface area contributed by atoms with Crippen LogP contribution in [0.5, 0.6) is 0 Å². The van der Waals surface area contributed by atoms with Gasteiger partial charge in [-0.2, -0.15) is 5.26 Å². The van der Waals surface area contributed by atoms with Gasteiger partial charge in [-0.05, 0) is 24.1 Å². The van der Waals surface area contributed by atoms with Crippen molar-refractivity contribution >= 4 is 5.91 Å². The molecule has 1 fully saturated rings. The molecule has 0 radical (unpaired) electrons. The summed E-state index contributed by atoms with van der Waals surface area (Å²) in [5, 5.41) is 11.6. The summed E-state index contributed by atoms with van der Waals surface area (Å²) in [5.74, 6) is -0.607. The fourth-order valence-corrected chi connectivity index (χ4v) is 1.72. The van der Waals surface area contributed by atoms with Crippen LogP contribution in [-0.4, -0.2) is 19.1 Å². The lowest BCUT2D eigenvalue weighted by Gasteiger charge is -2.33. The number of ether oxygens (including phenoxy) is 1. The summed E-state index contributed by atoms with van der Waals surface area (Å²) in [6.45, 7) is 2.22. The molecule has 1 aliphatic rings. The maximum absolute atomic E-state index is 13.1. The fraction of sp³-hybridized carbons (Fsp3) is 0.385. The van der Waals surface area contributed by atoms with Gasteiger partial charge in [0.05, 0.1) is 19.3 Å². The highest BCUT2D eigenvalue weighted by atomic mass is 19.1. The van der Waals surface area contributed by atoms with Crippen LogP contribution < -0.4 is 5.32 Å². The van der Waals surface area contributed by atoms with Crippen LogP contribution in [0.1, 0.15) is 11.1 Å². The molecule has 0 saturated carbocycles. The van der Waals surface area contributed by atoms with Crippen LogP contribution in [0.2, 0.25) is 0 Å². The number of rotatable bonds is 3. The molecule has 1 N–H and O–H groups in total. The summed E-state index contributed by atoms with van der Waals surface area (Å²) in [7, 11) is 0. The molecule has 1 heterocycles. The second-order valence-electron chi connectivity index (χ2n) is 4.45. The first-order valence-corrected chi connectivity index (χ1v) is 5.60. The quantitative estimate of drug-likeness (QED) is 0.876. The number of benzene rings is 1. The van der Waals surface area contributed by atoms with E-state index in [4.69, 9.17) is 10.00 Å². The van der Waals surface area contributed by atoms with E-state index in [1.54, 1.807) is 19.1 Å². The molecule has 1 aromatic carbocycles. The third-order valence-electron chi connectivity index (χ3n) is 3.02. The maximum Gasteiger partial charge on any atom is 0.245 e. The minimum absolute atomic E-state index is 0.137. The van der Waals surface area contributed by atoms with E-state index in [0.29, 0.717) is 5.56 Å². The first-order valence-electron chi connectivity index (χ1n) is 5.60. The van der Waals surface area contributed by atoms with Gasteiger partial charge in [-0.15, -0.1) is 0 Å². The average molecular weight is 248 g/mol. The lowest BCUT2D eigenvalue weighted by Crippen LogP contribution is -2.52. The van der Waals surface area contributed by atoms with Gasteiger partial charge in [0, 0.05) is 6.54 Å². The maximum atomic E-state index is 13.1. The van der Waals surface area contributed by atoms with Crippen LogP contribution in [0, 0.1) is 29.5 Å². The van der Waals surface area contributed by atoms with Crippen molar-refractivity contribution < 1.29 is 13.9 Å². The van der Waals surface area contributed by atoms with Gasteiger partial charge in [-0.1, -0.05) is 12.1 Å². The number of nitrogens with one attached hydrogen (secondary N) is 1. The molecule has 1 amide bonds. The molecular formula is C13H13FN2O2. The molecule has 0 unspecified atom stereocenters. The number of nitriles is 1. The Hall–Kier alpha value is -1.93. The van der Waals surface area contributed by atoms with Crippen LogP contribution in [0.4, 0.5) is 4.39 Å². The summed E-state index contributed by atoms with van der Waals surface area (Å²) >= 11 is 0. The minimum atomic E-state index is -1.05. The molecule has 1 aliphatic heterocycles. The summed E-state index contributed by atoms with van der Waals surface area (Å²) in [6, 6.07) is 6.62. The first kappa shape index (κ1) is 12.5. The second kappa shape index (κ2) is 4.75. The highest BCUT2D eigenvalue weighted by molar-refractivity contribution is 5.86. The third kappa shape index (κ3) is 2.20. The van der Waals surface area contributed by atoms with Gasteiger partial charge in [-0.25, -0.2) is 4.39 Å². The molecule has 0 atom stereocenters. The topological polar surface area (TPSA) is 62.1 Å². The van der Waals surface area contributed by atoms with Crippen LogP contribution in [0.25, 0.3) is 0 Å². The van der Waals surface area contributed by atoms with Crippen LogP contribution in [-0.2, 0) is 16.1 Å². The highest BCUT2D eigenvalue weighted by Crippen LogP contribution is 2.26. The van der Waals surface area contributed by atoms with Gasteiger partial charge < -0.3 is 10.1 Å². The number of hydrogen-bond donors (Lipinski definition) is 1. The Labute approximate surface area is 104 Å². The molecule has 0 spiro atoms. The Kier molecular flexibility index (Phi) is 3.30. The van der Waals surface area contributed by atoms with Crippen LogP contribution >= 0.6 is 0 Å². The number of aryl methyl sites for hydroxylation is 1. The molecule has 18 heavy (non-hydrogen) atoms. The van der Waals surface area contributed by atoms with Crippen molar-refractivity contribution in [3.05, 3.63) is 35.1 Å². The molecular weight excluding hydrogens is 235 g/mol. The lowest BCUT2D eigenvalue weighted by molar-refractivity contribution is -0.150. The number of nitrogens with zero attached hydrogens (tertiary/aromatic N) is 1. The zero-order valence-electron chi connectivity index (χ0n) is 10.00. The molecule has 0 aliphatic carbocycles. The minimum Gasteiger partial charge on any atom is -0.377 e. The largest absolute Gasteiger partial charge is 0.377 e. The van der Waals surface area contributed by atoms with Crippen molar-refractivity contribution in [1.29, 1.82) is 5.26 Å². The van der Waals surface area contributed by atoms with Gasteiger partial charge in [0.15, 0.2) is 5.41 Å². The van der Waals surface area contributed by atoms with Crippen molar-refractivity contribution in [3.8, 4) is 6.07 Å². The Bertz CT molecular complexity index is 518. The predicted octanol–water partition coefficient (Wildman–Crippen LogP) is 1.29. The summed E-state index contributed by atoms with van der Waals surface area (Å²) < 4.78 is 18.0. The number of halogens is 1.